The molecule has 0 bridgehead atoms. The zero-order chi connectivity index (χ0) is 21.7. The molecule has 0 radical (unpaired) electrons. The van der Waals surface area contributed by atoms with Crippen molar-refractivity contribution >= 4 is 34.6 Å². The highest BCUT2D eigenvalue weighted by atomic mass is 35.5. The molecular formula is C22H19ClF3N3S. The Morgan fingerprint density at radius 3 is 2.20 bits per heavy atom. The summed E-state index contributed by atoms with van der Waals surface area (Å²) in [5, 5.41) is 3.31. The molecule has 3 nitrogen and oxygen atoms in total. The number of hydrogen-bond donors (Lipinski definition) is 1. The van der Waals surface area contributed by atoms with Gasteiger partial charge in [0.1, 0.15) is 0 Å². The molecule has 0 atom stereocenters. The van der Waals surface area contributed by atoms with Crippen molar-refractivity contribution < 1.29 is 13.2 Å². The maximum Gasteiger partial charge on any atom is 0.416 e. The molecule has 3 aromatic rings. The van der Waals surface area contributed by atoms with Gasteiger partial charge >= 0.3 is 6.18 Å². The van der Waals surface area contributed by atoms with Gasteiger partial charge in [-0.15, -0.1) is 0 Å². The Morgan fingerprint density at radius 1 is 1.00 bits per heavy atom. The lowest BCUT2D eigenvalue weighted by molar-refractivity contribution is -0.137. The molecule has 30 heavy (non-hydrogen) atoms. The highest BCUT2D eigenvalue weighted by Gasteiger charge is 2.31. The normalized spacial score (nSPS) is 11.2. The third kappa shape index (κ3) is 5.93. The molecule has 2 aromatic carbocycles. The molecule has 0 saturated heterocycles. The number of hydrogen-bond acceptors (Lipinski definition) is 2. The van der Waals surface area contributed by atoms with Crippen molar-refractivity contribution in [3.8, 4) is 0 Å². The second-order valence-electron chi connectivity index (χ2n) is 6.82. The molecule has 0 fully saturated rings. The first kappa shape index (κ1) is 22.1. The number of pyridine rings is 1. The summed E-state index contributed by atoms with van der Waals surface area (Å²) >= 11 is 11.7. The average molecular weight is 450 g/mol. The van der Waals surface area contributed by atoms with E-state index in [9.17, 15) is 13.2 Å². The monoisotopic (exact) mass is 449 g/mol. The second-order valence-corrected chi connectivity index (χ2v) is 7.61. The van der Waals surface area contributed by atoms with Gasteiger partial charge in [0.2, 0.25) is 0 Å². The van der Waals surface area contributed by atoms with Crippen molar-refractivity contribution in [2.75, 3.05) is 5.32 Å². The smallest absolute Gasteiger partial charge is 0.340 e. The van der Waals surface area contributed by atoms with Crippen LogP contribution in [0.1, 0.15) is 22.3 Å². The molecular weight excluding hydrogens is 431 g/mol. The van der Waals surface area contributed by atoms with E-state index in [2.05, 4.69) is 10.3 Å². The highest BCUT2D eigenvalue weighted by molar-refractivity contribution is 7.80. The summed E-state index contributed by atoms with van der Waals surface area (Å²) in [6, 6.07) is 14.8. The van der Waals surface area contributed by atoms with E-state index in [-0.39, 0.29) is 15.8 Å². The van der Waals surface area contributed by atoms with Gasteiger partial charge in [-0.25, -0.2) is 0 Å². The molecule has 8 heteroatoms. The fourth-order valence-corrected chi connectivity index (χ4v) is 3.22. The molecule has 1 aromatic heterocycles. The Morgan fingerprint density at radius 2 is 1.60 bits per heavy atom. The molecule has 0 amide bonds. The second kappa shape index (κ2) is 9.45. The van der Waals surface area contributed by atoms with Gasteiger partial charge in [0, 0.05) is 25.5 Å². The standard InChI is InChI=1S/C22H19ClF3N3S/c1-15-2-4-16(5-3-15)13-29(14-17-8-10-27-11-9-17)21(30)28-20-12-18(22(24,25)26)6-7-19(20)23/h2-12H,13-14H2,1H3,(H,28,30). The summed E-state index contributed by atoms with van der Waals surface area (Å²) in [7, 11) is 0. The molecule has 0 aliphatic rings. The molecule has 156 valence electrons. The van der Waals surface area contributed by atoms with Crippen LogP contribution in [0.4, 0.5) is 18.9 Å². The lowest BCUT2D eigenvalue weighted by atomic mass is 10.1. The number of nitrogens with one attached hydrogen (secondary N) is 1. The third-order valence-electron chi connectivity index (χ3n) is 4.44. The van der Waals surface area contributed by atoms with Gasteiger partial charge in [-0.1, -0.05) is 41.4 Å². The summed E-state index contributed by atoms with van der Waals surface area (Å²) in [5.41, 5.74) is 2.44. The van der Waals surface area contributed by atoms with Crippen LogP contribution in [0.5, 0.6) is 0 Å². The molecule has 0 saturated carbocycles. The quantitative estimate of drug-likeness (QED) is 0.452. The zero-order valence-corrected chi connectivity index (χ0v) is 17.7. The van der Waals surface area contributed by atoms with Gasteiger partial charge in [0.05, 0.1) is 16.3 Å². The Hall–Kier alpha value is -2.64. The number of anilines is 1. The molecule has 0 spiro atoms. The van der Waals surface area contributed by atoms with Gasteiger partial charge in [0.25, 0.3) is 0 Å². The minimum Gasteiger partial charge on any atom is -0.340 e. The van der Waals surface area contributed by atoms with Crippen molar-refractivity contribution in [3.63, 3.8) is 0 Å². The van der Waals surface area contributed by atoms with Crippen LogP contribution in [0.3, 0.4) is 0 Å². The van der Waals surface area contributed by atoms with E-state index in [0.717, 1.165) is 28.8 Å². The van der Waals surface area contributed by atoms with E-state index in [1.54, 1.807) is 12.4 Å². The predicted molar refractivity (Wildman–Crippen MR) is 117 cm³/mol. The summed E-state index contributed by atoms with van der Waals surface area (Å²) in [5.74, 6) is 0. The third-order valence-corrected chi connectivity index (χ3v) is 5.13. The lowest BCUT2D eigenvalue weighted by Crippen LogP contribution is -2.34. The number of thiocarbonyl (C=S) groups is 1. The van der Waals surface area contributed by atoms with E-state index in [0.29, 0.717) is 13.1 Å². The lowest BCUT2D eigenvalue weighted by Gasteiger charge is -2.27. The first-order chi connectivity index (χ1) is 14.2. The van der Waals surface area contributed by atoms with Crippen LogP contribution >= 0.6 is 23.8 Å². The largest absolute Gasteiger partial charge is 0.416 e. The predicted octanol–water partition coefficient (Wildman–Crippen LogP) is 6.46. The summed E-state index contributed by atoms with van der Waals surface area (Å²) in [4.78, 5) is 5.88. The summed E-state index contributed by atoms with van der Waals surface area (Å²) in [6.07, 6.45) is -1.11. The molecule has 0 aliphatic carbocycles. The first-order valence-electron chi connectivity index (χ1n) is 9.09. The van der Waals surface area contributed by atoms with E-state index in [1.165, 1.54) is 6.07 Å². The Bertz CT molecular complexity index is 1010. The summed E-state index contributed by atoms with van der Waals surface area (Å²) < 4.78 is 39.2. The number of rotatable bonds is 5. The minimum absolute atomic E-state index is 0.111. The van der Waals surface area contributed by atoms with Gasteiger partial charge < -0.3 is 10.2 Å². The van der Waals surface area contributed by atoms with Crippen molar-refractivity contribution in [2.24, 2.45) is 0 Å². The molecule has 0 unspecified atom stereocenters. The first-order valence-corrected chi connectivity index (χ1v) is 9.88. The van der Waals surface area contributed by atoms with Crippen LogP contribution in [0.25, 0.3) is 0 Å². The van der Waals surface area contributed by atoms with E-state index < -0.39 is 11.7 Å². The Labute approximate surface area is 183 Å². The number of nitrogens with zero attached hydrogens (tertiary/aromatic N) is 2. The van der Waals surface area contributed by atoms with Crippen LogP contribution in [-0.4, -0.2) is 15.0 Å². The van der Waals surface area contributed by atoms with Crippen molar-refractivity contribution in [3.05, 3.63) is 94.3 Å². The van der Waals surface area contributed by atoms with Crippen LogP contribution in [-0.2, 0) is 19.3 Å². The van der Waals surface area contributed by atoms with Crippen molar-refractivity contribution in [2.45, 2.75) is 26.2 Å². The topological polar surface area (TPSA) is 28.2 Å². The molecule has 3 rings (SSSR count). The highest BCUT2D eigenvalue weighted by Crippen LogP contribution is 2.34. The van der Waals surface area contributed by atoms with Crippen LogP contribution < -0.4 is 5.32 Å². The van der Waals surface area contributed by atoms with Crippen LogP contribution in [0.15, 0.2) is 67.0 Å². The number of aromatic nitrogens is 1. The zero-order valence-electron chi connectivity index (χ0n) is 16.1. The minimum atomic E-state index is -4.47. The summed E-state index contributed by atoms with van der Waals surface area (Å²) in [6.45, 7) is 2.93. The van der Waals surface area contributed by atoms with Gasteiger partial charge in [0.15, 0.2) is 5.11 Å². The van der Waals surface area contributed by atoms with Gasteiger partial charge in [-0.3, -0.25) is 4.98 Å². The number of benzene rings is 2. The fourth-order valence-electron chi connectivity index (χ4n) is 2.81. The van der Waals surface area contributed by atoms with Crippen LogP contribution in [0.2, 0.25) is 5.02 Å². The molecule has 1 N–H and O–H groups in total. The van der Waals surface area contributed by atoms with E-state index in [4.69, 9.17) is 23.8 Å². The maximum atomic E-state index is 13.1. The Balaban J connectivity index is 1.85. The van der Waals surface area contributed by atoms with Gasteiger partial charge in [-0.2, -0.15) is 13.2 Å². The maximum absolute atomic E-state index is 13.1. The molecule has 1 heterocycles. The van der Waals surface area contributed by atoms with E-state index in [1.807, 2.05) is 48.2 Å². The number of halogens is 4. The number of alkyl halides is 3. The van der Waals surface area contributed by atoms with Crippen LogP contribution in [0, 0.1) is 6.92 Å². The van der Waals surface area contributed by atoms with Crippen molar-refractivity contribution in [1.82, 2.24) is 9.88 Å². The van der Waals surface area contributed by atoms with E-state index >= 15 is 0 Å². The number of aryl methyl sites for hydroxylation is 1. The molecule has 0 aliphatic heterocycles. The Kier molecular flexibility index (Phi) is 6.95. The average Bonchev–Trinajstić information content (AvgIpc) is 2.70. The SMILES string of the molecule is Cc1ccc(CN(Cc2ccncc2)C(=S)Nc2cc(C(F)(F)F)ccc2Cl)cc1. The fraction of sp³-hybridized carbons (Fsp3) is 0.182. The van der Waals surface area contributed by atoms with Gasteiger partial charge in [-0.05, 0) is 60.6 Å². The van der Waals surface area contributed by atoms with Crippen molar-refractivity contribution in [1.29, 1.82) is 0 Å².